The Kier molecular flexibility index (Phi) is 2.56. The van der Waals surface area contributed by atoms with Gasteiger partial charge in [0.15, 0.2) is 0 Å². The number of likely N-dealkylation sites (tertiary alicyclic amines) is 1. The molecule has 3 rings (SSSR count). The molecule has 86 valence electrons. The number of nitrogens with zero attached hydrogens (tertiary/aromatic N) is 2. The molecule has 3 nitrogen and oxygen atoms in total. The summed E-state index contributed by atoms with van der Waals surface area (Å²) in [5.74, 6) is 0.821. The Morgan fingerprint density at radius 1 is 1.56 bits per heavy atom. The van der Waals surface area contributed by atoms with Crippen LogP contribution in [0.5, 0.6) is 0 Å². The van der Waals surface area contributed by atoms with Crippen LogP contribution in [0.25, 0.3) is 0 Å². The van der Waals surface area contributed by atoms with E-state index < -0.39 is 0 Å². The Morgan fingerprint density at radius 2 is 2.50 bits per heavy atom. The highest BCUT2D eigenvalue weighted by atomic mass is 15.2. The predicted octanol–water partition coefficient (Wildman–Crippen LogP) is 1.77. The van der Waals surface area contributed by atoms with E-state index in [1.807, 2.05) is 12.3 Å². The average Bonchev–Trinajstić information content (AvgIpc) is 2.74. The molecule has 3 heteroatoms. The molecule has 1 fully saturated rings. The summed E-state index contributed by atoms with van der Waals surface area (Å²) in [4.78, 5) is 2.59. The number of hydrogen-bond donors (Lipinski definition) is 1. The van der Waals surface area contributed by atoms with Gasteiger partial charge in [-0.15, -0.1) is 6.58 Å². The van der Waals surface area contributed by atoms with Crippen LogP contribution in [0.3, 0.4) is 0 Å². The maximum absolute atomic E-state index is 4.17. The molecule has 0 amide bonds. The molecular weight excluding hydrogens is 198 g/mol. The predicted molar refractivity (Wildman–Crippen MR) is 64.3 cm³/mol. The summed E-state index contributed by atoms with van der Waals surface area (Å²) >= 11 is 0. The molecule has 1 aliphatic carbocycles. The largest absolute Gasteiger partial charge is 0.296 e. The van der Waals surface area contributed by atoms with Crippen molar-refractivity contribution in [2.45, 2.75) is 31.7 Å². The minimum atomic E-state index is 0.719. The summed E-state index contributed by atoms with van der Waals surface area (Å²) in [6, 6.07) is 0.719. The highest BCUT2D eigenvalue weighted by Gasteiger charge is 2.35. The molecule has 2 atom stereocenters. The van der Waals surface area contributed by atoms with Gasteiger partial charge in [-0.1, -0.05) is 6.08 Å². The smallest absolute Gasteiger partial charge is 0.0522 e. The second-order valence-corrected chi connectivity index (χ2v) is 5.04. The average molecular weight is 217 g/mol. The van der Waals surface area contributed by atoms with Gasteiger partial charge < -0.3 is 0 Å². The third-order valence-electron chi connectivity index (χ3n) is 4.10. The van der Waals surface area contributed by atoms with Crippen LogP contribution >= 0.6 is 0 Å². The van der Waals surface area contributed by atoms with Crippen molar-refractivity contribution in [3.63, 3.8) is 0 Å². The first kappa shape index (κ1) is 10.1. The van der Waals surface area contributed by atoms with Crippen molar-refractivity contribution in [3.05, 3.63) is 30.1 Å². The van der Waals surface area contributed by atoms with E-state index in [0.717, 1.165) is 18.5 Å². The zero-order chi connectivity index (χ0) is 11.0. The van der Waals surface area contributed by atoms with Crippen LogP contribution < -0.4 is 0 Å². The number of nitrogens with one attached hydrogen (secondary N) is 1. The molecule has 0 bridgehead atoms. The second-order valence-electron chi connectivity index (χ2n) is 5.04. The quantitative estimate of drug-likeness (QED) is 0.766. The molecule has 1 aliphatic heterocycles. The first-order valence-corrected chi connectivity index (χ1v) is 6.24. The van der Waals surface area contributed by atoms with Crippen LogP contribution in [-0.2, 0) is 12.8 Å². The SMILES string of the molecule is C=CCN1CCC[C@H]2Cc3[nH]ncc3C[C@@H]21. The van der Waals surface area contributed by atoms with Gasteiger partial charge in [-0.3, -0.25) is 10.00 Å². The lowest BCUT2D eigenvalue weighted by Crippen LogP contribution is -2.49. The Labute approximate surface area is 96.5 Å². The van der Waals surface area contributed by atoms with Gasteiger partial charge in [-0.25, -0.2) is 0 Å². The minimum Gasteiger partial charge on any atom is -0.296 e. The van der Waals surface area contributed by atoms with Gasteiger partial charge in [-0.05, 0) is 43.7 Å². The standard InChI is InChI=1S/C13H19N3/c1-2-5-16-6-3-4-10-7-12-11(8-13(10)16)9-14-15-12/h2,9-10,13H,1,3-8H2,(H,14,15)/t10-,13-/m0/s1. The molecule has 0 unspecified atom stereocenters. The summed E-state index contributed by atoms with van der Waals surface area (Å²) in [5, 5.41) is 7.32. The normalized spacial score (nSPS) is 29.5. The number of fused-ring (bicyclic) bond motifs is 2. The highest BCUT2D eigenvalue weighted by Crippen LogP contribution is 2.33. The fourth-order valence-corrected chi connectivity index (χ4v) is 3.32. The molecule has 0 radical (unpaired) electrons. The van der Waals surface area contributed by atoms with Crippen LogP contribution in [0.1, 0.15) is 24.1 Å². The molecule has 1 aromatic heterocycles. The Balaban J connectivity index is 1.84. The first-order chi connectivity index (χ1) is 7.88. The van der Waals surface area contributed by atoms with E-state index in [1.54, 1.807) is 0 Å². The van der Waals surface area contributed by atoms with Gasteiger partial charge in [0.2, 0.25) is 0 Å². The summed E-state index contributed by atoms with van der Waals surface area (Å²) in [6.07, 6.45) is 9.10. The fraction of sp³-hybridized carbons (Fsp3) is 0.615. The molecule has 1 N–H and O–H groups in total. The maximum Gasteiger partial charge on any atom is 0.0522 e. The van der Waals surface area contributed by atoms with Gasteiger partial charge >= 0.3 is 0 Å². The van der Waals surface area contributed by atoms with E-state index in [1.165, 1.54) is 43.5 Å². The molecule has 2 heterocycles. The zero-order valence-electron chi connectivity index (χ0n) is 9.65. The summed E-state index contributed by atoms with van der Waals surface area (Å²) < 4.78 is 0. The van der Waals surface area contributed by atoms with Crippen LogP contribution in [0, 0.1) is 5.92 Å². The summed E-state index contributed by atoms with van der Waals surface area (Å²) in [7, 11) is 0. The third-order valence-corrected chi connectivity index (χ3v) is 4.10. The van der Waals surface area contributed by atoms with Crippen LogP contribution in [0.15, 0.2) is 18.9 Å². The van der Waals surface area contributed by atoms with Crippen molar-refractivity contribution in [1.29, 1.82) is 0 Å². The van der Waals surface area contributed by atoms with Crippen molar-refractivity contribution in [2.75, 3.05) is 13.1 Å². The number of piperidine rings is 1. The van der Waals surface area contributed by atoms with Crippen molar-refractivity contribution in [1.82, 2.24) is 15.1 Å². The Bertz CT molecular complexity index is 382. The number of rotatable bonds is 2. The van der Waals surface area contributed by atoms with Crippen molar-refractivity contribution < 1.29 is 0 Å². The van der Waals surface area contributed by atoms with Crippen LogP contribution in [0.2, 0.25) is 0 Å². The first-order valence-electron chi connectivity index (χ1n) is 6.24. The van der Waals surface area contributed by atoms with Gasteiger partial charge in [0.25, 0.3) is 0 Å². The van der Waals surface area contributed by atoms with E-state index in [0.29, 0.717) is 0 Å². The molecule has 2 aliphatic rings. The lowest BCUT2D eigenvalue weighted by atomic mass is 9.78. The van der Waals surface area contributed by atoms with Crippen molar-refractivity contribution in [2.24, 2.45) is 5.92 Å². The number of H-pyrrole nitrogens is 1. The molecule has 0 spiro atoms. The number of aromatic nitrogens is 2. The highest BCUT2D eigenvalue weighted by molar-refractivity contribution is 5.23. The molecule has 1 saturated heterocycles. The summed E-state index contributed by atoms with van der Waals surface area (Å²) in [6.45, 7) is 6.14. The minimum absolute atomic E-state index is 0.719. The van der Waals surface area contributed by atoms with Gasteiger partial charge in [0, 0.05) is 18.3 Å². The topological polar surface area (TPSA) is 31.9 Å². The van der Waals surface area contributed by atoms with Crippen molar-refractivity contribution in [3.8, 4) is 0 Å². The third kappa shape index (κ3) is 1.59. The number of aromatic amines is 1. The van der Waals surface area contributed by atoms with Gasteiger partial charge in [-0.2, -0.15) is 5.10 Å². The summed E-state index contributed by atoms with van der Waals surface area (Å²) in [5.41, 5.74) is 2.80. The second kappa shape index (κ2) is 4.06. The van der Waals surface area contributed by atoms with E-state index in [9.17, 15) is 0 Å². The molecular formula is C13H19N3. The lowest BCUT2D eigenvalue weighted by molar-refractivity contribution is 0.0968. The molecule has 1 aromatic rings. The number of hydrogen-bond acceptors (Lipinski definition) is 2. The molecule has 0 aromatic carbocycles. The Hall–Kier alpha value is -1.09. The monoisotopic (exact) mass is 217 g/mol. The maximum atomic E-state index is 4.17. The van der Waals surface area contributed by atoms with Gasteiger partial charge in [0.05, 0.1) is 6.20 Å². The van der Waals surface area contributed by atoms with Crippen molar-refractivity contribution >= 4 is 0 Å². The fourth-order valence-electron chi connectivity index (χ4n) is 3.32. The van der Waals surface area contributed by atoms with Crippen LogP contribution in [-0.4, -0.2) is 34.2 Å². The van der Waals surface area contributed by atoms with E-state index in [4.69, 9.17) is 0 Å². The zero-order valence-corrected chi connectivity index (χ0v) is 9.65. The van der Waals surface area contributed by atoms with E-state index in [-0.39, 0.29) is 0 Å². The molecule has 16 heavy (non-hydrogen) atoms. The van der Waals surface area contributed by atoms with E-state index in [2.05, 4.69) is 21.7 Å². The van der Waals surface area contributed by atoms with Gasteiger partial charge in [0.1, 0.15) is 0 Å². The van der Waals surface area contributed by atoms with Crippen LogP contribution in [0.4, 0.5) is 0 Å². The van der Waals surface area contributed by atoms with E-state index >= 15 is 0 Å². The lowest BCUT2D eigenvalue weighted by Gasteiger charge is -2.43. The molecule has 0 saturated carbocycles. The Morgan fingerprint density at radius 3 is 3.38 bits per heavy atom.